The number of anilines is 1. The average Bonchev–Trinajstić information content (AvgIpc) is 2.39. The van der Waals surface area contributed by atoms with Crippen LogP contribution in [0.3, 0.4) is 0 Å². The maximum absolute atomic E-state index is 12.1. The van der Waals surface area contributed by atoms with Gasteiger partial charge in [0.25, 0.3) is 5.91 Å². The van der Waals surface area contributed by atoms with Gasteiger partial charge in [0.15, 0.2) is 0 Å². The molecule has 0 aromatic carbocycles. The van der Waals surface area contributed by atoms with Gasteiger partial charge in [0, 0.05) is 25.9 Å². The minimum absolute atomic E-state index is 0.0710. The molecule has 0 bridgehead atoms. The quantitative estimate of drug-likeness (QED) is 0.487. The lowest BCUT2D eigenvalue weighted by atomic mass is 10.2. The number of nitrogens with two attached hydrogens (primary N) is 1. The highest BCUT2D eigenvalue weighted by Gasteiger charge is 2.15. The number of nitrogens with zero attached hydrogens (tertiary/aromatic N) is 2. The molecule has 0 radical (unpaired) electrons. The monoisotopic (exact) mass is 238 g/mol. The summed E-state index contributed by atoms with van der Waals surface area (Å²) in [4.78, 5) is 17.7. The number of rotatable bonds is 6. The van der Waals surface area contributed by atoms with Crippen LogP contribution in [0.5, 0.6) is 0 Å². The summed E-state index contributed by atoms with van der Waals surface area (Å²) in [5.74, 6) is 5.12. The van der Waals surface area contributed by atoms with Crippen LogP contribution < -0.4 is 11.3 Å². The zero-order valence-corrected chi connectivity index (χ0v) is 9.89. The predicted octanol–water partition coefficient (Wildman–Crippen LogP) is 0.212. The molecule has 1 aromatic heterocycles. The first-order chi connectivity index (χ1) is 8.22. The van der Waals surface area contributed by atoms with Crippen molar-refractivity contribution in [2.24, 2.45) is 5.84 Å². The van der Waals surface area contributed by atoms with E-state index >= 15 is 0 Å². The van der Waals surface area contributed by atoms with E-state index in [0.29, 0.717) is 30.9 Å². The van der Waals surface area contributed by atoms with Crippen molar-refractivity contribution in [1.82, 2.24) is 9.88 Å². The van der Waals surface area contributed by atoms with E-state index in [9.17, 15) is 4.79 Å². The molecule has 1 aromatic rings. The van der Waals surface area contributed by atoms with Crippen LogP contribution >= 0.6 is 0 Å². The van der Waals surface area contributed by atoms with Gasteiger partial charge in [-0.15, -0.1) is 0 Å². The second kappa shape index (κ2) is 6.82. The highest BCUT2D eigenvalue weighted by atomic mass is 16.3. The molecule has 1 heterocycles. The van der Waals surface area contributed by atoms with Gasteiger partial charge in [-0.25, -0.2) is 0 Å². The topological polar surface area (TPSA) is 91.5 Å². The number of nitrogens with one attached hydrogen (secondary N) is 1. The van der Waals surface area contributed by atoms with Gasteiger partial charge in [0.2, 0.25) is 0 Å². The van der Waals surface area contributed by atoms with E-state index in [1.807, 2.05) is 6.92 Å². The number of nitrogen functional groups attached to an aromatic ring is 1. The van der Waals surface area contributed by atoms with E-state index in [1.54, 1.807) is 17.0 Å². The van der Waals surface area contributed by atoms with Gasteiger partial charge in [0.1, 0.15) is 5.69 Å². The zero-order valence-electron chi connectivity index (χ0n) is 9.89. The number of pyridine rings is 1. The number of carbonyl (C=O) groups is 1. The highest BCUT2D eigenvalue weighted by Crippen LogP contribution is 2.09. The lowest BCUT2D eigenvalue weighted by Crippen LogP contribution is -2.32. The molecule has 0 spiro atoms. The SMILES string of the molecule is CCN(CCCO)C(=O)c1cc(NN)ccn1. The van der Waals surface area contributed by atoms with Crippen LogP contribution in [0.2, 0.25) is 0 Å². The van der Waals surface area contributed by atoms with Crippen LogP contribution in [0.1, 0.15) is 23.8 Å². The molecule has 0 aliphatic rings. The van der Waals surface area contributed by atoms with Crippen molar-refractivity contribution < 1.29 is 9.90 Å². The lowest BCUT2D eigenvalue weighted by Gasteiger charge is -2.20. The summed E-state index contributed by atoms with van der Waals surface area (Å²) < 4.78 is 0. The third-order valence-electron chi connectivity index (χ3n) is 2.40. The molecule has 94 valence electrons. The molecule has 0 aliphatic carbocycles. The molecule has 0 aliphatic heterocycles. The third kappa shape index (κ3) is 3.69. The number of aliphatic hydroxyl groups is 1. The summed E-state index contributed by atoms with van der Waals surface area (Å²) in [5.41, 5.74) is 3.46. The van der Waals surface area contributed by atoms with Crippen LogP contribution in [0.25, 0.3) is 0 Å². The Morgan fingerprint density at radius 2 is 2.41 bits per heavy atom. The van der Waals surface area contributed by atoms with Gasteiger partial charge in [-0.05, 0) is 25.5 Å². The smallest absolute Gasteiger partial charge is 0.272 e. The van der Waals surface area contributed by atoms with Crippen molar-refractivity contribution in [3.8, 4) is 0 Å². The van der Waals surface area contributed by atoms with Gasteiger partial charge < -0.3 is 15.4 Å². The van der Waals surface area contributed by atoms with Crippen molar-refractivity contribution in [1.29, 1.82) is 0 Å². The molecule has 0 fully saturated rings. The molecule has 0 unspecified atom stereocenters. The lowest BCUT2D eigenvalue weighted by molar-refractivity contribution is 0.0748. The van der Waals surface area contributed by atoms with Crippen molar-refractivity contribution in [3.63, 3.8) is 0 Å². The Balaban J connectivity index is 2.78. The van der Waals surface area contributed by atoms with Crippen LogP contribution in [-0.2, 0) is 0 Å². The van der Waals surface area contributed by atoms with E-state index in [0.717, 1.165) is 0 Å². The number of aromatic nitrogens is 1. The van der Waals surface area contributed by atoms with E-state index in [2.05, 4.69) is 10.4 Å². The molecular formula is C11H18N4O2. The Morgan fingerprint density at radius 1 is 1.65 bits per heavy atom. The van der Waals surface area contributed by atoms with Crippen LogP contribution in [0.4, 0.5) is 5.69 Å². The second-order valence-corrected chi connectivity index (χ2v) is 3.54. The minimum atomic E-state index is -0.155. The Labute approximate surface area is 100 Å². The Bertz CT molecular complexity index is 370. The van der Waals surface area contributed by atoms with E-state index in [4.69, 9.17) is 10.9 Å². The Morgan fingerprint density at radius 3 is 3.00 bits per heavy atom. The normalized spacial score (nSPS) is 10.1. The van der Waals surface area contributed by atoms with E-state index in [1.165, 1.54) is 6.20 Å². The molecule has 6 heteroatoms. The molecule has 1 rings (SSSR count). The van der Waals surface area contributed by atoms with Gasteiger partial charge in [-0.1, -0.05) is 0 Å². The van der Waals surface area contributed by atoms with E-state index < -0.39 is 0 Å². The Hall–Kier alpha value is -1.66. The highest BCUT2D eigenvalue weighted by molar-refractivity contribution is 5.93. The number of amides is 1. The molecule has 0 saturated heterocycles. The van der Waals surface area contributed by atoms with Gasteiger partial charge in [-0.2, -0.15) is 0 Å². The molecular weight excluding hydrogens is 220 g/mol. The summed E-state index contributed by atoms with van der Waals surface area (Å²) in [6, 6.07) is 3.28. The number of carbonyl (C=O) groups excluding carboxylic acids is 1. The fraction of sp³-hybridized carbons (Fsp3) is 0.455. The first-order valence-electron chi connectivity index (χ1n) is 5.55. The second-order valence-electron chi connectivity index (χ2n) is 3.54. The van der Waals surface area contributed by atoms with Gasteiger partial charge >= 0.3 is 0 Å². The number of aliphatic hydroxyl groups excluding tert-OH is 1. The molecule has 4 N–H and O–H groups in total. The molecule has 17 heavy (non-hydrogen) atoms. The number of hydrazine groups is 1. The van der Waals surface area contributed by atoms with Crippen LogP contribution in [0.15, 0.2) is 18.3 Å². The fourth-order valence-corrected chi connectivity index (χ4v) is 1.46. The maximum Gasteiger partial charge on any atom is 0.272 e. The van der Waals surface area contributed by atoms with Crippen molar-refractivity contribution >= 4 is 11.6 Å². The van der Waals surface area contributed by atoms with E-state index in [-0.39, 0.29) is 12.5 Å². The van der Waals surface area contributed by atoms with Crippen LogP contribution in [0, 0.1) is 0 Å². The van der Waals surface area contributed by atoms with Crippen LogP contribution in [-0.4, -0.2) is 40.6 Å². The van der Waals surface area contributed by atoms with Gasteiger partial charge in [-0.3, -0.25) is 15.6 Å². The average molecular weight is 238 g/mol. The molecule has 1 amide bonds. The third-order valence-corrected chi connectivity index (χ3v) is 2.40. The largest absolute Gasteiger partial charge is 0.396 e. The summed E-state index contributed by atoms with van der Waals surface area (Å²) >= 11 is 0. The first-order valence-corrected chi connectivity index (χ1v) is 5.55. The summed E-state index contributed by atoms with van der Waals surface area (Å²) in [5, 5.41) is 8.77. The van der Waals surface area contributed by atoms with Crippen molar-refractivity contribution in [3.05, 3.63) is 24.0 Å². The van der Waals surface area contributed by atoms with Crippen molar-refractivity contribution in [2.75, 3.05) is 25.1 Å². The molecule has 6 nitrogen and oxygen atoms in total. The zero-order chi connectivity index (χ0) is 12.7. The van der Waals surface area contributed by atoms with Crippen molar-refractivity contribution in [2.45, 2.75) is 13.3 Å². The summed E-state index contributed by atoms with van der Waals surface area (Å²) in [6.45, 7) is 3.07. The summed E-state index contributed by atoms with van der Waals surface area (Å²) in [6.07, 6.45) is 2.09. The summed E-state index contributed by atoms with van der Waals surface area (Å²) in [7, 11) is 0. The predicted molar refractivity (Wildman–Crippen MR) is 65.3 cm³/mol. The number of hydrogen-bond acceptors (Lipinski definition) is 5. The fourth-order valence-electron chi connectivity index (χ4n) is 1.46. The standard InChI is InChI=1S/C11H18N4O2/c1-2-15(6-3-7-16)11(17)10-8-9(14-12)4-5-13-10/h4-5,8,16H,2-3,6-7,12H2,1H3,(H,13,14). The molecule has 0 atom stereocenters. The maximum atomic E-state index is 12.1. The Kier molecular flexibility index (Phi) is 5.38. The molecule has 0 saturated carbocycles. The first kappa shape index (κ1) is 13.4. The number of hydrogen-bond donors (Lipinski definition) is 3. The minimum Gasteiger partial charge on any atom is -0.396 e. The van der Waals surface area contributed by atoms with Gasteiger partial charge in [0.05, 0.1) is 5.69 Å².